The molecule has 0 amide bonds. The summed E-state index contributed by atoms with van der Waals surface area (Å²) in [6, 6.07) is 2.22. The minimum Gasteiger partial charge on any atom is -0.360 e. The molecule has 3 aromatic heterocycles. The normalized spacial score (nSPS) is 12.5. The highest BCUT2D eigenvalue weighted by molar-refractivity contribution is 7.18. The summed E-state index contributed by atoms with van der Waals surface area (Å²) in [5, 5.41) is 7.43. The molecule has 0 aliphatic heterocycles. The molecule has 0 saturated carbocycles. The third-order valence-corrected chi connectivity index (χ3v) is 5.23. The number of rotatable bonds is 5. The third kappa shape index (κ3) is 2.82. The Morgan fingerprint density at radius 3 is 2.90 bits per heavy atom. The molecule has 110 valence electrons. The molecule has 4 N–H and O–H groups in total. The van der Waals surface area contributed by atoms with Gasteiger partial charge in [0.2, 0.25) is 5.95 Å². The first-order valence-corrected chi connectivity index (χ1v) is 8.34. The van der Waals surface area contributed by atoms with E-state index in [1.165, 1.54) is 4.88 Å². The van der Waals surface area contributed by atoms with Gasteiger partial charge in [-0.3, -0.25) is 5.43 Å². The van der Waals surface area contributed by atoms with Crippen molar-refractivity contribution < 1.29 is 0 Å². The van der Waals surface area contributed by atoms with Crippen molar-refractivity contribution >= 4 is 44.7 Å². The number of aromatic nitrogens is 3. The van der Waals surface area contributed by atoms with E-state index >= 15 is 0 Å². The van der Waals surface area contributed by atoms with Gasteiger partial charge in [-0.15, -0.1) is 22.7 Å². The first-order valence-electron chi connectivity index (χ1n) is 6.64. The lowest BCUT2D eigenvalue weighted by Crippen LogP contribution is -2.13. The Morgan fingerprint density at radius 1 is 1.38 bits per heavy atom. The fourth-order valence-electron chi connectivity index (χ4n) is 2.04. The molecule has 0 bridgehead atoms. The van der Waals surface area contributed by atoms with E-state index in [-0.39, 0.29) is 6.04 Å². The number of thiazole rings is 1. The molecule has 1 unspecified atom stereocenters. The summed E-state index contributed by atoms with van der Waals surface area (Å²) in [5.41, 5.74) is 2.53. The molecule has 0 fully saturated rings. The van der Waals surface area contributed by atoms with Crippen molar-refractivity contribution in [3.8, 4) is 0 Å². The van der Waals surface area contributed by atoms with Crippen LogP contribution < -0.4 is 16.6 Å². The molecular weight excluding hydrogens is 304 g/mol. The molecule has 1 atom stereocenters. The topological polar surface area (TPSA) is 88.8 Å². The molecule has 0 aromatic carbocycles. The predicted octanol–water partition coefficient (Wildman–Crippen LogP) is 3.17. The lowest BCUT2D eigenvalue weighted by Gasteiger charge is -2.13. The SMILES string of the molecule is CCc1cc2c(NC(C)c3nccs3)nc(NN)nc2s1. The van der Waals surface area contributed by atoms with Gasteiger partial charge in [0.15, 0.2) is 0 Å². The molecule has 0 saturated heterocycles. The van der Waals surface area contributed by atoms with E-state index < -0.39 is 0 Å². The number of fused-ring (bicyclic) bond motifs is 1. The molecule has 0 aliphatic rings. The first-order chi connectivity index (χ1) is 10.2. The summed E-state index contributed by atoms with van der Waals surface area (Å²) in [5.74, 6) is 6.67. The van der Waals surface area contributed by atoms with Gasteiger partial charge >= 0.3 is 0 Å². The van der Waals surface area contributed by atoms with Crippen molar-refractivity contribution in [3.63, 3.8) is 0 Å². The second-order valence-corrected chi connectivity index (χ2v) is 6.60. The van der Waals surface area contributed by atoms with Gasteiger partial charge in [-0.1, -0.05) is 6.92 Å². The van der Waals surface area contributed by atoms with Gasteiger partial charge in [-0.25, -0.2) is 15.8 Å². The van der Waals surface area contributed by atoms with Gasteiger partial charge < -0.3 is 5.32 Å². The Kier molecular flexibility index (Phi) is 4.00. The van der Waals surface area contributed by atoms with E-state index in [0.29, 0.717) is 5.95 Å². The second-order valence-electron chi connectivity index (χ2n) is 4.56. The van der Waals surface area contributed by atoms with Crippen molar-refractivity contribution in [2.24, 2.45) is 5.84 Å². The second kappa shape index (κ2) is 5.92. The molecular formula is C13H16N6S2. The highest BCUT2D eigenvalue weighted by Crippen LogP contribution is 2.32. The molecule has 0 aliphatic carbocycles. The van der Waals surface area contributed by atoms with E-state index in [1.54, 1.807) is 28.9 Å². The van der Waals surface area contributed by atoms with Crippen LogP contribution in [0.25, 0.3) is 10.2 Å². The van der Waals surface area contributed by atoms with E-state index in [1.807, 2.05) is 5.38 Å². The van der Waals surface area contributed by atoms with Gasteiger partial charge in [-0.05, 0) is 19.4 Å². The molecule has 0 spiro atoms. The maximum atomic E-state index is 5.47. The van der Waals surface area contributed by atoms with Crippen LogP contribution in [0.1, 0.15) is 29.8 Å². The zero-order chi connectivity index (χ0) is 14.8. The average molecular weight is 320 g/mol. The van der Waals surface area contributed by atoms with E-state index in [4.69, 9.17) is 5.84 Å². The van der Waals surface area contributed by atoms with Crippen molar-refractivity contribution in [2.75, 3.05) is 10.7 Å². The Hall–Kier alpha value is -1.77. The summed E-state index contributed by atoms with van der Waals surface area (Å²) < 4.78 is 0. The zero-order valence-corrected chi connectivity index (χ0v) is 13.4. The quantitative estimate of drug-likeness (QED) is 0.494. The van der Waals surface area contributed by atoms with Gasteiger partial charge in [-0.2, -0.15) is 4.98 Å². The predicted molar refractivity (Wildman–Crippen MR) is 88.8 cm³/mol. The van der Waals surface area contributed by atoms with Gasteiger partial charge in [0, 0.05) is 16.5 Å². The van der Waals surface area contributed by atoms with Crippen LogP contribution in [0.15, 0.2) is 17.6 Å². The summed E-state index contributed by atoms with van der Waals surface area (Å²) in [7, 11) is 0. The fraction of sp³-hybridized carbons (Fsp3) is 0.308. The molecule has 0 radical (unpaired) electrons. The molecule has 3 aromatic rings. The lowest BCUT2D eigenvalue weighted by atomic mass is 10.3. The Bertz CT molecular complexity index is 737. The monoisotopic (exact) mass is 320 g/mol. The fourth-order valence-corrected chi connectivity index (χ4v) is 3.65. The van der Waals surface area contributed by atoms with E-state index in [2.05, 4.69) is 45.6 Å². The average Bonchev–Trinajstić information content (AvgIpc) is 3.15. The van der Waals surface area contributed by atoms with Crippen molar-refractivity contribution in [3.05, 3.63) is 27.5 Å². The number of anilines is 2. The number of nitrogens with zero attached hydrogens (tertiary/aromatic N) is 3. The Balaban J connectivity index is 2.01. The Labute approximate surface area is 130 Å². The van der Waals surface area contributed by atoms with Crippen LogP contribution in [0.2, 0.25) is 0 Å². The maximum absolute atomic E-state index is 5.47. The van der Waals surface area contributed by atoms with Crippen molar-refractivity contribution in [1.29, 1.82) is 0 Å². The van der Waals surface area contributed by atoms with Crippen LogP contribution in [0.3, 0.4) is 0 Å². The van der Waals surface area contributed by atoms with Crippen molar-refractivity contribution in [2.45, 2.75) is 26.3 Å². The molecule has 21 heavy (non-hydrogen) atoms. The smallest absolute Gasteiger partial charge is 0.240 e. The van der Waals surface area contributed by atoms with Crippen LogP contribution in [0.5, 0.6) is 0 Å². The molecule has 3 heterocycles. The van der Waals surface area contributed by atoms with Gasteiger partial charge in [0.05, 0.1) is 11.4 Å². The summed E-state index contributed by atoms with van der Waals surface area (Å²) >= 11 is 3.29. The van der Waals surface area contributed by atoms with E-state index in [0.717, 1.165) is 27.5 Å². The largest absolute Gasteiger partial charge is 0.360 e. The first kappa shape index (κ1) is 14.2. The minimum atomic E-state index is 0.0821. The van der Waals surface area contributed by atoms with Crippen LogP contribution in [-0.4, -0.2) is 15.0 Å². The number of hydrogen-bond donors (Lipinski definition) is 3. The molecule has 3 rings (SSSR count). The summed E-state index contributed by atoms with van der Waals surface area (Å²) in [4.78, 5) is 15.4. The van der Waals surface area contributed by atoms with Crippen LogP contribution in [0, 0.1) is 0 Å². The summed E-state index contributed by atoms with van der Waals surface area (Å²) in [6.07, 6.45) is 2.79. The number of nitrogens with one attached hydrogen (secondary N) is 2. The standard InChI is InChI=1S/C13H16N6S2/c1-3-8-6-9-10(16-7(2)11-15-4-5-20-11)17-13(19-14)18-12(9)21-8/h4-7H,3,14H2,1-2H3,(H2,16,17,18,19). The number of nitrogens with two attached hydrogens (primary N) is 1. The van der Waals surface area contributed by atoms with Crippen LogP contribution >= 0.6 is 22.7 Å². The lowest BCUT2D eigenvalue weighted by molar-refractivity contribution is 0.862. The number of thiophene rings is 1. The van der Waals surface area contributed by atoms with E-state index in [9.17, 15) is 0 Å². The maximum Gasteiger partial charge on any atom is 0.240 e. The van der Waals surface area contributed by atoms with Gasteiger partial charge in [0.25, 0.3) is 0 Å². The third-order valence-electron chi connectivity index (χ3n) is 3.10. The minimum absolute atomic E-state index is 0.0821. The van der Waals surface area contributed by atoms with Crippen LogP contribution in [0.4, 0.5) is 11.8 Å². The Morgan fingerprint density at radius 2 is 2.24 bits per heavy atom. The number of nitrogen functional groups attached to an aromatic ring is 1. The number of hydrazine groups is 1. The highest BCUT2D eigenvalue weighted by Gasteiger charge is 2.15. The van der Waals surface area contributed by atoms with Crippen LogP contribution in [-0.2, 0) is 6.42 Å². The molecule has 6 nitrogen and oxygen atoms in total. The summed E-state index contributed by atoms with van der Waals surface area (Å²) in [6.45, 7) is 4.20. The van der Waals surface area contributed by atoms with Gasteiger partial charge in [0.1, 0.15) is 15.7 Å². The zero-order valence-electron chi connectivity index (χ0n) is 11.8. The van der Waals surface area contributed by atoms with Crippen molar-refractivity contribution in [1.82, 2.24) is 15.0 Å². The number of hydrogen-bond acceptors (Lipinski definition) is 8. The molecule has 8 heteroatoms. The number of aryl methyl sites for hydroxylation is 1. The highest BCUT2D eigenvalue weighted by atomic mass is 32.1.